The predicted molar refractivity (Wildman–Crippen MR) is 132 cm³/mol. The Morgan fingerprint density at radius 3 is 2.31 bits per heavy atom. The van der Waals surface area contributed by atoms with Crippen LogP contribution in [0.2, 0.25) is 0 Å². The zero-order chi connectivity index (χ0) is 23.6. The molecular formula is C23H29N3O4S2. The Balaban J connectivity index is 1.99. The maximum absolute atomic E-state index is 12.6. The van der Waals surface area contributed by atoms with Crippen molar-refractivity contribution in [3.05, 3.63) is 70.6 Å². The van der Waals surface area contributed by atoms with Crippen LogP contribution in [0.5, 0.6) is 0 Å². The number of hydrogen-bond donors (Lipinski definition) is 3. The Bertz CT molecular complexity index is 1030. The molecule has 9 heteroatoms. The fourth-order valence-electron chi connectivity index (χ4n) is 2.93. The molecule has 7 nitrogen and oxygen atoms in total. The van der Waals surface area contributed by atoms with E-state index in [1.807, 2.05) is 44.4 Å². The summed E-state index contributed by atoms with van der Waals surface area (Å²) in [6.45, 7) is 3.51. The fraction of sp³-hybridized carbons (Fsp3) is 0.304. The van der Waals surface area contributed by atoms with Crippen molar-refractivity contribution >= 4 is 45.4 Å². The maximum atomic E-state index is 12.6. The molecule has 0 saturated heterocycles. The molecule has 32 heavy (non-hydrogen) atoms. The van der Waals surface area contributed by atoms with Crippen LogP contribution in [0.15, 0.2) is 53.9 Å². The highest BCUT2D eigenvalue weighted by Crippen LogP contribution is 2.19. The van der Waals surface area contributed by atoms with Gasteiger partial charge in [-0.15, -0.1) is 0 Å². The molecule has 1 unspecified atom stereocenters. The average molecular weight is 476 g/mol. The van der Waals surface area contributed by atoms with Crippen molar-refractivity contribution in [3.8, 4) is 0 Å². The van der Waals surface area contributed by atoms with Crippen molar-refractivity contribution in [2.24, 2.45) is 0 Å². The van der Waals surface area contributed by atoms with Gasteiger partial charge < -0.3 is 10.6 Å². The second-order valence-electron chi connectivity index (χ2n) is 7.24. The van der Waals surface area contributed by atoms with Crippen LogP contribution in [-0.2, 0) is 19.6 Å². The van der Waals surface area contributed by atoms with Crippen LogP contribution in [-0.4, -0.2) is 44.8 Å². The van der Waals surface area contributed by atoms with Gasteiger partial charge in [-0.2, -0.15) is 16.5 Å². The predicted octanol–water partition coefficient (Wildman–Crippen LogP) is 3.07. The number of hydrogen-bond acceptors (Lipinski definition) is 5. The Kier molecular flexibility index (Phi) is 9.96. The fourth-order valence-corrected chi connectivity index (χ4v) is 4.44. The first-order valence-corrected chi connectivity index (χ1v) is 13.0. The molecular weight excluding hydrogens is 446 g/mol. The van der Waals surface area contributed by atoms with E-state index >= 15 is 0 Å². The number of aryl methyl sites for hydroxylation is 2. The van der Waals surface area contributed by atoms with Gasteiger partial charge in [-0.3, -0.25) is 9.59 Å². The van der Waals surface area contributed by atoms with Crippen LogP contribution in [0.4, 0.5) is 5.69 Å². The van der Waals surface area contributed by atoms with Crippen LogP contribution in [0.25, 0.3) is 6.08 Å². The molecule has 2 aromatic carbocycles. The number of carbonyl (C=O) groups is 2. The van der Waals surface area contributed by atoms with Crippen LogP contribution in [0.1, 0.15) is 23.1 Å². The van der Waals surface area contributed by atoms with E-state index in [0.29, 0.717) is 17.9 Å². The van der Waals surface area contributed by atoms with E-state index in [-0.39, 0.29) is 12.5 Å². The van der Waals surface area contributed by atoms with E-state index < -0.39 is 22.0 Å². The lowest BCUT2D eigenvalue weighted by Gasteiger charge is -2.17. The standard InChI is InChI=1S/C23H29N3O4S2/c1-17-8-7-9-18(2)22(17)25-21(27)16-24-23(28)20(12-14-31-3)26-32(29,30)15-13-19-10-5-4-6-11-19/h4-11,13,15,20,26H,12,14,16H2,1-3H3,(H,24,28)(H,25,27)/b15-13+. The van der Waals surface area contributed by atoms with E-state index in [4.69, 9.17) is 0 Å². The number of benzene rings is 2. The monoisotopic (exact) mass is 475 g/mol. The first kappa shape index (κ1) is 25.6. The molecule has 1 atom stereocenters. The molecule has 0 aliphatic rings. The van der Waals surface area contributed by atoms with Crippen LogP contribution in [0, 0.1) is 13.8 Å². The largest absolute Gasteiger partial charge is 0.346 e. The summed E-state index contributed by atoms with van der Waals surface area (Å²) in [7, 11) is -3.85. The Labute approximate surface area is 194 Å². The lowest BCUT2D eigenvalue weighted by atomic mass is 10.1. The summed E-state index contributed by atoms with van der Waals surface area (Å²) in [5, 5.41) is 6.37. The lowest BCUT2D eigenvalue weighted by molar-refractivity contribution is -0.125. The zero-order valence-electron chi connectivity index (χ0n) is 18.4. The minimum atomic E-state index is -3.85. The van der Waals surface area contributed by atoms with Gasteiger partial charge in [0, 0.05) is 11.1 Å². The normalized spacial score (nSPS) is 12.5. The summed E-state index contributed by atoms with van der Waals surface area (Å²) in [6, 6.07) is 13.7. The van der Waals surface area contributed by atoms with Gasteiger partial charge in [-0.1, -0.05) is 48.5 Å². The van der Waals surface area contributed by atoms with E-state index in [2.05, 4.69) is 15.4 Å². The minimum absolute atomic E-state index is 0.260. The molecule has 3 N–H and O–H groups in total. The van der Waals surface area contributed by atoms with Gasteiger partial charge >= 0.3 is 0 Å². The number of para-hydroxylation sites is 1. The third-order valence-electron chi connectivity index (χ3n) is 4.64. The van der Waals surface area contributed by atoms with Gasteiger partial charge in [-0.05, 0) is 55.0 Å². The molecule has 0 heterocycles. The van der Waals surface area contributed by atoms with E-state index in [0.717, 1.165) is 22.1 Å². The molecule has 0 saturated carbocycles. The second kappa shape index (κ2) is 12.4. The molecule has 0 radical (unpaired) electrons. The summed E-state index contributed by atoms with van der Waals surface area (Å²) in [5.74, 6) is -0.351. The number of rotatable bonds is 11. The quantitative estimate of drug-likeness (QED) is 0.463. The summed E-state index contributed by atoms with van der Waals surface area (Å²) in [6.07, 6.45) is 3.63. The smallest absolute Gasteiger partial charge is 0.243 e. The number of thioether (sulfide) groups is 1. The summed E-state index contributed by atoms with van der Waals surface area (Å²) < 4.78 is 27.4. The van der Waals surface area contributed by atoms with E-state index in [1.165, 1.54) is 17.8 Å². The Hall–Kier alpha value is -2.62. The van der Waals surface area contributed by atoms with Crippen molar-refractivity contribution in [1.29, 1.82) is 0 Å². The third-order valence-corrected chi connectivity index (χ3v) is 6.39. The second-order valence-corrected chi connectivity index (χ2v) is 9.83. The topological polar surface area (TPSA) is 104 Å². The summed E-state index contributed by atoms with van der Waals surface area (Å²) in [5.41, 5.74) is 3.27. The van der Waals surface area contributed by atoms with Crippen LogP contribution >= 0.6 is 11.8 Å². The van der Waals surface area contributed by atoms with Crippen molar-refractivity contribution in [3.63, 3.8) is 0 Å². The highest BCUT2D eigenvalue weighted by atomic mass is 32.2. The van der Waals surface area contributed by atoms with Gasteiger partial charge in [0.1, 0.15) is 6.04 Å². The first-order chi connectivity index (χ1) is 15.2. The number of anilines is 1. The SMILES string of the molecule is CSCCC(NS(=O)(=O)/C=C/c1ccccc1)C(=O)NCC(=O)Nc1c(C)cccc1C. The minimum Gasteiger partial charge on any atom is -0.346 e. The highest BCUT2D eigenvalue weighted by Gasteiger charge is 2.23. The van der Waals surface area contributed by atoms with Gasteiger partial charge in [0.15, 0.2) is 0 Å². The zero-order valence-corrected chi connectivity index (χ0v) is 20.1. The number of amides is 2. The molecule has 2 rings (SSSR count). The van der Waals surface area contributed by atoms with Gasteiger partial charge in [-0.25, -0.2) is 8.42 Å². The number of nitrogens with one attached hydrogen (secondary N) is 3. The van der Waals surface area contributed by atoms with Crippen molar-refractivity contribution in [2.75, 3.05) is 23.9 Å². The summed E-state index contributed by atoms with van der Waals surface area (Å²) >= 11 is 1.50. The van der Waals surface area contributed by atoms with Crippen molar-refractivity contribution in [2.45, 2.75) is 26.3 Å². The van der Waals surface area contributed by atoms with Gasteiger partial charge in [0.25, 0.3) is 0 Å². The van der Waals surface area contributed by atoms with Crippen molar-refractivity contribution in [1.82, 2.24) is 10.0 Å². The van der Waals surface area contributed by atoms with Gasteiger partial charge in [0.2, 0.25) is 21.8 Å². The molecule has 2 amide bonds. The molecule has 172 valence electrons. The molecule has 0 aliphatic carbocycles. The number of sulfonamides is 1. The van der Waals surface area contributed by atoms with E-state index in [1.54, 1.807) is 24.3 Å². The summed E-state index contributed by atoms with van der Waals surface area (Å²) in [4.78, 5) is 25.0. The number of carbonyl (C=O) groups excluding carboxylic acids is 2. The van der Waals surface area contributed by atoms with Gasteiger partial charge in [0.05, 0.1) is 6.54 Å². The first-order valence-electron chi connectivity index (χ1n) is 10.1. The highest BCUT2D eigenvalue weighted by molar-refractivity contribution is 7.98. The molecule has 0 spiro atoms. The molecule has 0 aromatic heterocycles. The van der Waals surface area contributed by atoms with Crippen LogP contribution < -0.4 is 15.4 Å². The van der Waals surface area contributed by atoms with Crippen molar-refractivity contribution < 1.29 is 18.0 Å². The molecule has 2 aromatic rings. The third kappa shape index (κ3) is 8.49. The average Bonchev–Trinajstić information content (AvgIpc) is 2.77. The molecule has 0 aliphatic heterocycles. The van der Waals surface area contributed by atoms with E-state index in [9.17, 15) is 18.0 Å². The maximum Gasteiger partial charge on any atom is 0.243 e. The molecule has 0 fully saturated rings. The Morgan fingerprint density at radius 2 is 1.69 bits per heavy atom. The van der Waals surface area contributed by atoms with Crippen LogP contribution in [0.3, 0.4) is 0 Å². The Morgan fingerprint density at radius 1 is 1.03 bits per heavy atom. The lowest BCUT2D eigenvalue weighted by Crippen LogP contribution is -2.48. The molecule has 0 bridgehead atoms.